The second kappa shape index (κ2) is 3.40. The first kappa shape index (κ1) is 8.59. The number of benzene rings is 1. The van der Waals surface area contributed by atoms with Gasteiger partial charge in [-0.15, -0.1) is 0 Å². The molecule has 66 valence electrons. The molecule has 1 heterocycles. The van der Waals surface area contributed by atoms with E-state index in [0.29, 0.717) is 0 Å². The van der Waals surface area contributed by atoms with Gasteiger partial charge in [0.1, 0.15) is 0 Å². The molecule has 1 aromatic heterocycles. The standard InChI is InChI=1S/C9H8N2S2/c1-6-2-4-7(5-3-6)8-10-9(12)13-11-8/h2-5H,1H3,(H,10,11,12). The highest BCUT2D eigenvalue weighted by molar-refractivity contribution is 7.73. The molecule has 0 unspecified atom stereocenters. The summed E-state index contributed by atoms with van der Waals surface area (Å²) in [6.45, 7) is 2.06. The van der Waals surface area contributed by atoms with Gasteiger partial charge < -0.3 is 4.98 Å². The van der Waals surface area contributed by atoms with Crippen LogP contribution in [0.3, 0.4) is 0 Å². The van der Waals surface area contributed by atoms with E-state index in [1.807, 2.05) is 12.1 Å². The largest absolute Gasteiger partial charge is 0.320 e. The van der Waals surface area contributed by atoms with E-state index in [9.17, 15) is 0 Å². The molecule has 0 saturated heterocycles. The van der Waals surface area contributed by atoms with E-state index >= 15 is 0 Å². The van der Waals surface area contributed by atoms with Crippen molar-refractivity contribution in [1.82, 2.24) is 9.36 Å². The smallest absolute Gasteiger partial charge is 0.178 e. The van der Waals surface area contributed by atoms with Crippen molar-refractivity contribution >= 4 is 23.8 Å². The zero-order valence-electron chi connectivity index (χ0n) is 7.07. The molecular weight excluding hydrogens is 200 g/mol. The van der Waals surface area contributed by atoms with Gasteiger partial charge in [-0.3, -0.25) is 0 Å². The van der Waals surface area contributed by atoms with E-state index in [4.69, 9.17) is 12.2 Å². The fourth-order valence-electron chi connectivity index (χ4n) is 1.07. The maximum absolute atomic E-state index is 4.96. The van der Waals surface area contributed by atoms with Crippen LogP contribution >= 0.6 is 23.8 Å². The van der Waals surface area contributed by atoms with E-state index in [-0.39, 0.29) is 0 Å². The van der Waals surface area contributed by atoms with Gasteiger partial charge in [0.15, 0.2) is 9.78 Å². The van der Waals surface area contributed by atoms with Crippen LogP contribution in [0.1, 0.15) is 5.56 Å². The van der Waals surface area contributed by atoms with Gasteiger partial charge in [-0.05, 0) is 30.7 Å². The number of rotatable bonds is 1. The Morgan fingerprint density at radius 2 is 2.00 bits per heavy atom. The number of aryl methyl sites for hydroxylation is 1. The number of nitrogens with zero attached hydrogens (tertiary/aromatic N) is 1. The number of aromatic amines is 1. The Labute approximate surface area is 85.4 Å². The van der Waals surface area contributed by atoms with Crippen molar-refractivity contribution in [3.8, 4) is 11.4 Å². The third-order valence-corrected chi connectivity index (χ3v) is 2.63. The Hall–Kier alpha value is -1.00. The normalized spacial score (nSPS) is 10.2. The first-order valence-electron chi connectivity index (χ1n) is 3.89. The van der Waals surface area contributed by atoms with E-state index in [2.05, 4.69) is 28.4 Å². The van der Waals surface area contributed by atoms with Gasteiger partial charge in [0.25, 0.3) is 0 Å². The number of H-pyrrole nitrogens is 1. The average Bonchev–Trinajstić information content (AvgIpc) is 2.53. The topological polar surface area (TPSA) is 28.7 Å². The molecule has 0 aliphatic rings. The van der Waals surface area contributed by atoms with Gasteiger partial charge in [0.05, 0.1) is 0 Å². The lowest BCUT2D eigenvalue weighted by molar-refractivity contribution is 1.31. The summed E-state index contributed by atoms with van der Waals surface area (Å²) in [4.78, 5) is 3.03. The van der Waals surface area contributed by atoms with Gasteiger partial charge in [-0.25, -0.2) is 0 Å². The van der Waals surface area contributed by atoms with E-state index in [0.717, 1.165) is 15.3 Å². The summed E-state index contributed by atoms with van der Waals surface area (Å²) in [5, 5.41) is 0. The van der Waals surface area contributed by atoms with Gasteiger partial charge in [0, 0.05) is 5.56 Å². The maximum atomic E-state index is 4.96. The molecule has 2 nitrogen and oxygen atoms in total. The highest BCUT2D eigenvalue weighted by Crippen LogP contribution is 2.16. The molecule has 13 heavy (non-hydrogen) atoms. The summed E-state index contributed by atoms with van der Waals surface area (Å²) in [7, 11) is 0. The summed E-state index contributed by atoms with van der Waals surface area (Å²) in [6.07, 6.45) is 0. The van der Waals surface area contributed by atoms with Crippen LogP contribution in [0, 0.1) is 10.9 Å². The third-order valence-electron chi connectivity index (χ3n) is 1.77. The molecule has 0 atom stereocenters. The van der Waals surface area contributed by atoms with Gasteiger partial charge >= 0.3 is 0 Å². The van der Waals surface area contributed by atoms with Gasteiger partial charge in [-0.1, -0.05) is 29.8 Å². The molecule has 0 spiro atoms. The van der Waals surface area contributed by atoms with Crippen molar-refractivity contribution in [2.24, 2.45) is 0 Å². The summed E-state index contributed by atoms with van der Waals surface area (Å²) < 4.78 is 4.92. The van der Waals surface area contributed by atoms with E-state index in [1.165, 1.54) is 17.1 Å². The maximum Gasteiger partial charge on any atom is 0.178 e. The number of hydrogen-bond donors (Lipinski definition) is 1. The molecule has 0 saturated carbocycles. The average molecular weight is 208 g/mol. The molecule has 2 rings (SSSR count). The lowest BCUT2D eigenvalue weighted by atomic mass is 10.1. The fraction of sp³-hybridized carbons (Fsp3) is 0.111. The molecule has 1 aromatic carbocycles. The van der Waals surface area contributed by atoms with Crippen LogP contribution < -0.4 is 0 Å². The summed E-state index contributed by atoms with van der Waals surface area (Å²) >= 11 is 6.27. The van der Waals surface area contributed by atoms with Crippen molar-refractivity contribution in [2.75, 3.05) is 0 Å². The molecular formula is C9H8N2S2. The first-order valence-corrected chi connectivity index (χ1v) is 5.07. The zero-order chi connectivity index (χ0) is 9.26. The van der Waals surface area contributed by atoms with Crippen LogP contribution in [-0.4, -0.2) is 9.36 Å². The molecule has 0 radical (unpaired) electrons. The van der Waals surface area contributed by atoms with Crippen LogP contribution in [-0.2, 0) is 0 Å². The number of nitrogens with one attached hydrogen (secondary N) is 1. The predicted octanol–water partition coefficient (Wildman–Crippen LogP) is 3.18. The monoisotopic (exact) mass is 208 g/mol. The zero-order valence-corrected chi connectivity index (χ0v) is 8.71. The van der Waals surface area contributed by atoms with E-state index in [1.54, 1.807) is 0 Å². The number of aromatic nitrogens is 2. The van der Waals surface area contributed by atoms with Crippen molar-refractivity contribution in [3.05, 3.63) is 33.8 Å². The SMILES string of the molecule is Cc1ccc(-c2nsc(=S)[nH]2)cc1. The number of hydrogen-bond acceptors (Lipinski definition) is 3. The highest BCUT2D eigenvalue weighted by Gasteiger charge is 1.99. The lowest BCUT2D eigenvalue weighted by Crippen LogP contribution is -1.79. The van der Waals surface area contributed by atoms with Crippen LogP contribution in [0.15, 0.2) is 24.3 Å². The minimum Gasteiger partial charge on any atom is -0.320 e. The van der Waals surface area contributed by atoms with Crippen molar-refractivity contribution in [2.45, 2.75) is 6.92 Å². The van der Waals surface area contributed by atoms with Crippen LogP contribution in [0.5, 0.6) is 0 Å². The van der Waals surface area contributed by atoms with Crippen molar-refractivity contribution in [3.63, 3.8) is 0 Å². The van der Waals surface area contributed by atoms with Crippen molar-refractivity contribution < 1.29 is 0 Å². The Balaban J connectivity index is 2.47. The quantitative estimate of drug-likeness (QED) is 0.729. The van der Waals surface area contributed by atoms with Crippen molar-refractivity contribution in [1.29, 1.82) is 0 Å². The third kappa shape index (κ3) is 1.84. The summed E-state index contributed by atoms with van der Waals surface area (Å²) in [5.74, 6) is 0.856. The minimum absolute atomic E-state index is 0.718. The molecule has 0 aliphatic carbocycles. The molecule has 0 amide bonds. The van der Waals surface area contributed by atoms with Gasteiger partial charge in [0.2, 0.25) is 0 Å². The van der Waals surface area contributed by atoms with Crippen LogP contribution in [0.25, 0.3) is 11.4 Å². The second-order valence-corrected chi connectivity index (χ2v) is 4.25. The fourth-order valence-corrected chi connectivity index (χ4v) is 1.74. The summed E-state index contributed by atoms with van der Waals surface area (Å²) in [6, 6.07) is 8.20. The molecule has 4 heteroatoms. The lowest BCUT2D eigenvalue weighted by Gasteiger charge is -1.95. The Kier molecular flexibility index (Phi) is 2.24. The first-order chi connectivity index (χ1) is 6.25. The van der Waals surface area contributed by atoms with Crippen LogP contribution in [0.4, 0.5) is 0 Å². The molecule has 2 aromatic rings. The van der Waals surface area contributed by atoms with Gasteiger partial charge in [-0.2, -0.15) is 4.37 Å². The Morgan fingerprint density at radius 3 is 2.54 bits per heavy atom. The molecule has 0 aliphatic heterocycles. The van der Waals surface area contributed by atoms with Crippen LogP contribution in [0.2, 0.25) is 0 Å². The Morgan fingerprint density at radius 1 is 1.31 bits per heavy atom. The molecule has 0 bridgehead atoms. The predicted molar refractivity (Wildman–Crippen MR) is 57.5 cm³/mol. The Bertz CT molecular complexity index is 453. The minimum atomic E-state index is 0.718. The molecule has 0 fully saturated rings. The molecule has 1 N–H and O–H groups in total. The second-order valence-electron chi connectivity index (χ2n) is 2.81. The summed E-state index contributed by atoms with van der Waals surface area (Å²) in [5.41, 5.74) is 2.33. The highest BCUT2D eigenvalue weighted by atomic mass is 32.2. The van der Waals surface area contributed by atoms with E-state index < -0.39 is 0 Å².